The molecule has 0 spiro atoms. The number of hydrogen-bond donors (Lipinski definition) is 1. The van der Waals surface area contributed by atoms with Crippen molar-refractivity contribution in [3.8, 4) is 0 Å². The molecular formula is C14H30N2OS. The molecule has 1 saturated heterocycles. The number of nitrogens with one attached hydrogen (secondary N) is 1. The van der Waals surface area contributed by atoms with Crippen LogP contribution in [0.25, 0.3) is 0 Å². The van der Waals surface area contributed by atoms with E-state index >= 15 is 0 Å². The lowest BCUT2D eigenvalue weighted by atomic mass is 9.81. The topological polar surface area (TPSA) is 24.5 Å². The van der Waals surface area contributed by atoms with Crippen LogP contribution in [0.2, 0.25) is 0 Å². The van der Waals surface area contributed by atoms with Crippen LogP contribution < -0.4 is 5.32 Å². The molecule has 0 saturated carbocycles. The van der Waals surface area contributed by atoms with Gasteiger partial charge in [-0.25, -0.2) is 0 Å². The minimum absolute atomic E-state index is 0.315. The third-order valence-electron chi connectivity index (χ3n) is 3.90. The molecule has 2 unspecified atom stereocenters. The van der Waals surface area contributed by atoms with E-state index in [2.05, 4.69) is 37.4 Å². The molecule has 4 heteroatoms. The van der Waals surface area contributed by atoms with Crippen molar-refractivity contribution >= 4 is 11.8 Å². The first-order valence-electron chi connectivity index (χ1n) is 7.11. The van der Waals surface area contributed by atoms with Crippen molar-refractivity contribution in [2.24, 2.45) is 5.41 Å². The number of hydrogen-bond acceptors (Lipinski definition) is 4. The van der Waals surface area contributed by atoms with E-state index in [1.165, 1.54) is 18.6 Å². The van der Waals surface area contributed by atoms with Crippen molar-refractivity contribution in [1.29, 1.82) is 0 Å². The Morgan fingerprint density at radius 1 is 1.50 bits per heavy atom. The zero-order chi connectivity index (χ0) is 13.4. The maximum atomic E-state index is 5.75. The van der Waals surface area contributed by atoms with Gasteiger partial charge in [-0.1, -0.05) is 6.92 Å². The van der Waals surface area contributed by atoms with E-state index in [0.717, 1.165) is 32.8 Å². The molecule has 3 nitrogen and oxygen atoms in total. The molecule has 1 N–H and O–H groups in total. The Morgan fingerprint density at radius 3 is 2.83 bits per heavy atom. The predicted octanol–water partition coefficient (Wildman–Crippen LogP) is 2.08. The fraction of sp³-hybridized carbons (Fsp3) is 1.00. The predicted molar refractivity (Wildman–Crippen MR) is 81.5 cm³/mol. The van der Waals surface area contributed by atoms with Gasteiger partial charge < -0.3 is 15.0 Å². The number of nitrogens with zero attached hydrogens (tertiary/aromatic N) is 1. The minimum Gasteiger partial charge on any atom is -0.381 e. The maximum absolute atomic E-state index is 5.75. The Balaban J connectivity index is 2.54. The average Bonchev–Trinajstić information content (AvgIpc) is 2.38. The maximum Gasteiger partial charge on any atom is 0.0546 e. The molecule has 1 heterocycles. The smallest absolute Gasteiger partial charge is 0.0546 e. The fourth-order valence-corrected chi connectivity index (χ4v) is 3.41. The lowest BCUT2D eigenvalue weighted by molar-refractivity contribution is -0.0259. The van der Waals surface area contributed by atoms with Gasteiger partial charge in [-0.3, -0.25) is 0 Å². The van der Waals surface area contributed by atoms with Crippen molar-refractivity contribution < 1.29 is 4.74 Å². The van der Waals surface area contributed by atoms with Gasteiger partial charge in [-0.15, -0.1) is 0 Å². The summed E-state index contributed by atoms with van der Waals surface area (Å²) in [6.07, 6.45) is 4.68. The van der Waals surface area contributed by atoms with Crippen LogP contribution in [-0.2, 0) is 4.74 Å². The molecule has 0 bridgehead atoms. The molecule has 18 heavy (non-hydrogen) atoms. The number of ether oxygens (including phenoxy) is 1. The lowest BCUT2D eigenvalue weighted by Gasteiger charge is -2.41. The van der Waals surface area contributed by atoms with Gasteiger partial charge in [0.15, 0.2) is 0 Å². The highest BCUT2D eigenvalue weighted by molar-refractivity contribution is 7.98. The molecule has 1 aliphatic heterocycles. The molecule has 0 radical (unpaired) electrons. The van der Waals surface area contributed by atoms with E-state index in [-0.39, 0.29) is 0 Å². The van der Waals surface area contributed by atoms with Crippen LogP contribution in [0.4, 0.5) is 0 Å². The Bertz CT molecular complexity index is 220. The fourth-order valence-electron chi connectivity index (χ4n) is 2.67. The lowest BCUT2D eigenvalue weighted by Crippen LogP contribution is -2.50. The summed E-state index contributed by atoms with van der Waals surface area (Å²) in [6.45, 7) is 9.63. The second-order valence-corrected chi connectivity index (χ2v) is 6.57. The summed E-state index contributed by atoms with van der Waals surface area (Å²) in [6, 6.07) is 0.639. The third kappa shape index (κ3) is 5.08. The molecule has 108 valence electrons. The van der Waals surface area contributed by atoms with Gasteiger partial charge >= 0.3 is 0 Å². The highest BCUT2D eigenvalue weighted by Gasteiger charge is 2.34. The van der Waals surface area contributed by atoms with Crippen LogP contribution in [0.15, 0.2) is 0 Å². The summed E-state index contributed by atoms with van der Waals surface area (Å²) >= 11 is 1.93. The Hall–Kier alpha value is 0.230. The Labute approximate surface area is 117 Å². The van der Waals surface area contributed by atoms with Gasteiger partial charge in [-0.2, -0.15) is 11.8 Å². The molecule has 0 aromatic rings. The van der Waals surface area contributed by atoms with Gasteiger partial charge in [0.05, 0.1) is 6.61 Å². The van der Waals surface area contributed by atoms with Crippen molar-refractivity contribution in [1.82, 2.24) is 10.2 Å². The molecule has 0 aliphatic carbocycles. The van der Waals surface area contributed by atoms with Gasteiger partial charge in [0, 0.05) is 36.9 Å². The molecule has 2 atom stereocenters. The minimum atomic E-state index is 0.315. The quantitative estimate of drug-likeness (QED) is 0.732. The third-order valence-corrected chi connectivity index (χ3v) is 4.71. The monoisotopic (exact) mass is 274 g/mol. The Morgan fingerprint density at radius 2 is 2.28 bits per heavy atom. The van der Waals surface area contributed by atoms with Gasteiger partial charge in [-0.05, 0) is 39.6 Å². The van der Waals surface area contributed by atoms with Crippen LogP contribution in [0, 0.1) is 5.41 Å². The average molecular weight is 274 g/mol. The second kappa shape index (κ2) is 8.41. The SMILES string of the molecule is CCNCC1(CN(C)C(C)CSC)CCCOC1. The highest BCUT2D eigenvalue weighted by atomic mass is 32.2. The zero-order valence-electron chi connectivity index (χ0n) is 12.5. The van der Waals surface area contributed by atoms with E-state index < -0.39 is 0 Å². The van der Waals surface area contributed by atoms with Crippen LogP contribution in [0.1, 0.15) is 26.7 Å². The van der Waals surface area contributed by atoms with Crippen LogP contribution in [0.3, 0.4) is 0 Å². The molecule has 1 rings (SSSR count). The molecule has 0 amide bonds. The van der Waals surface area contributed by atoms with Crippen LogP contribution in [-0.4, -0.2) is 62.8 Å². The van der Waals surface area contributed by atoms with Crippen molar-refractivity contribution in [3.05, 3.63) is 0 Å². The van der Waals surface area contributed by atoms with Crippen LogP contribution in [0.5, 0.6) is 0 Å². The van der Waals surface area contributed by atoms with Gasteiger partial charge in [0.2, 0.25) is 0 Å². The zero-order valence-corrected chi connectivity index (χ0v) is 13.3. The summed E-state index contributed by atoms with van der Waals surface area (Å²) < 4.78 is 5.75. The molecular weight excluding hydrogens is 244 g/mol. The number of rotatable bonds is 8. The van der Waals surface area contributed by atoms with Crippen molar-refractivity contribution in [2.45, 2.75) is 32.7 Å². The van der Waals surface area contributed by atoms with E-state index in [9.17, 15) is 0 Å². The molecule has 0 aromatic heterocycles. The van der Waals surface area contributed by atoms with Crippen molar-refractivity contribution in [2.75, 3.05) is 51.9 Å². The first-order chi connectivity index (χ1) is 8.63. The van der Waals surface area contributed by atoms with E-state index in [0.29, 0.717) is 11.5 Å². The van der Waals surface area contributed by atoms with E-state index in [1.807, 2.05) is 11.8 Å². The second-order valence-electron chi connectivity index (χ2n) is 5.66. The Kier molecular flexibility index (Phi) is 7.61. The molecule has 0 aromatic carbocycles. The summed E-state index contributed by atoms with van der Waals surface area (Å²) in [5, 5.41) is 3.52. The summed E-state index contributed by atoms with van der Waals surface area (Å²) in [5.74, 6) is 1.20. The van der Waals surface area contributed by atoms with Gasteiger partial charge in [0.25, 0.3) is 0 Å². The van der Waals surface area contributed by atoms with Gasteiger partial charge in [0.1, 0.15) is 0 Å². The summed E-state index contributed by atoms with van der Waals surface area (Å²) in [7, 11) is 2.25. The molecule has 1 fully saturated rings. The summed E-state index contributed by atoms with van der Waals surface area (Å²) in [4.78, 5) is 2.50. The highest BCUT2D eigenvalue weighted by Crippen LogP contribution is 2.29. The first kappa shape index (κ1) is 16.3. The van der Waals surface area contributed by atoms with E-state index in [1.54, 1.807) is 0 Å². The van der Waals surface area contributed by atoms with Crippen LogP contribution >= 0.6 is 11.8 Å². The normalized spacial score (nSPS) is 26.5. The standard InChI is InChI=1S/C14H30N2OS/c1-5-15-10-14(7-6-8-17-12-14)11-16(3)13(2)9-18-4/h13,15H,5-12H2,1-4H3. The first-order valence-corrected chi connectivity index (χ1v) is 8.50. The molecule has 1 aliphatic rings. The summed E-state index contributed by atoms with van der Waals surface area (Å²) in [5.41, 5.74) is 0.315. The van der Waals surface area contributed by atoms with Crippen molar-refractivity contribution in [3.63, 3.8) is 0 Å². The van der Waals surface area contributed by atoms with E-state index in [4.69, 9.17) is 4.74 Å². The largest absolute Gasteiger partial charge is 0.381 e. The number of thioether (sulfide) groups is 1.